The number of benzene rings is 1. The number of rotatable bonds is 8. The number of hydrogen-bond donors (Lipinski definition) is 1. The van der Waals surface area contributed by atoms with Gasteiger partial charge in [0.25, 0.3) is 5.91 Å². The van der Waals surface area contributed by atoms with Crippen LogP contribution in [-0.4, -0.2) is 55.4 Å². The molecule has 0 spiro atoms. The van der Waals surface area contributed by atoms with E-state index in [0.717, 1.165) is 16.9 Å². The summed E-state index contributed by atoms with van der Waals surface area (Å²) in [4.78, 5) is 38.9. The van der Waals surface area contributed by atoms with Gasteiger partial charge in [0.05, 0.1) is 18.0 Å². The van der Waals surface area contributed by atoms with Gasteiger partial charge < -0.3 is 5.32 Å². The number of carbonyl (C=O) groups is 3. The van der Waals surface area contributed by atoms with Gasteiger partial charge in [0, 0.05) is 12.1 Å². The van der Waals surface area contributed by atoms with Crippen molar-refractivity contribution < 1.29 is 22.8 Å². The number of carbonyl (C=O) groups excluding carboxylic acids is 3. The van der Waals surface area contributed by atoms with Crippen molar-refractivity contribution in [3.05, 3.63) is 29.3 Å². The molecule has 2 aliphatic heterocycles. The summed E-state index contributed by atoms with van der Waals surface area (Å²) in [5.41, 5.74) is 0.733. The van der Waals surface area contributed by atoms with Gasteiger partial charge in [-0.05, 0) is 62.8 Å². The zero-order chi connectivity index (χ0) is 22.3. The van der Waals surface area contributed by atoms with Crippen molar-refractivity contribution in [1.29, 1.82) is 0 Å². The molecule has 2 aliphatic rings. The molecule has 1 saturated heterocycles. The van der Waals surface area contributed by atoms with E-state index in [4.69, 9.17) is 0 Å². The summed E-state index contributed by atoms with van der Waals surface area (Å²) in [6, 6.07) is 4.29. The lowest BCUT2D eigenvalue weighted by Gasteiger charge is -2.22. The first-order valence-electron chi connectivity index (χ1n) is 10.3. The molecule has 3 rings (SSSR count). The van der Waals surface area contributed by atoms with E-state index in [0.29, 0.717) is 36.6 Å². The van der Waals surface area contributed by atoms with Gasteiger partial charge in [-0.1, -0.05) is 13.8 Å². The maximum atomic E-state index is 12.8. The zero-order valence-electron chi connectivity index (χ0n) is 17.9. The molecular formula is C21H29N3O5S. The summed E-state index contributed by atoms with van der Waals surface area (Å²) in [7, 11) is -3.36. The third kappa shape index (κ3) is 4.08. The molecule has 1 N–H and O–H groups in total. The Labute approximate surface area is 177 Å². The molecule has 30 heavy (non-hydrogen) atoms. The molecule has 3 amide bonds. The van der Waals surface area contributed by atoms with Crippen molar-refractivity contribution in [2.45, 2.75) is 52.5 Å². The molecule has 8 nitrogen and oxygen atoms in total. The van der Waals surface area contributed by atoms with Crippen LogP contribution in [0.3, 0.4) is 0 Å². The number of imide groups is 1. The molecule has 0 aliphatic carbocycles. The van der Waals surface area contributed by atoms with E-state index in [9.17, 15) is 22.8 Å². The number of nitrogens with zero attached hydrogens (tertiary/aromatic N) is 2. The minimum atomic E-state index is -3.36. The summed E-state index contributed by atoms with van der Waals surface area (Å²) < 4.78 is 25.8. The van der Waals surface area contributed by atoms with Crippen LogP contribution in [0, 0.1) is 5.92 Å². The number of anilines is 1. The normalized spacial score (nSPS) is 21.4. The van der Waals surface area contributed by atoms with Crippen molar-refractivity contribution in [3.63, 3.8) is 0 Å². The van der Waals surface area contributed by atoms with E-state index in [1.54, 1.807) is 32.0 Å². The summed E-state index contributed by atoms with van der Waals surface area (Å²) in [6.45, 7) is 7.40. The number of Topliss-reactive ketones (excluding diaryl/α,β-unsaturated/α-hetero) is 1. The highest BCUT2D eigenvalue weighted by atomic mass is 32.2. The summed E-state index contributed by atoms with van der Waals surface area (Å²) in [6.07, 6.45) is 1.82. The second-order valence-corrected chi connectivity index (χ2v) is 10.8. The monoisotopic (exact) mass is 435 g/mol. The van der Waals surface area contributed by atoms with Crippen LogP contribution in [0.1, 0.15) is 56.5 Å². The minimum Gasteiger partial charge on any atom is -0.323 e. The first kappa shape index (κ1) is 22.3. The fraction of sp³-hybridized carbons (Fsp3) is 0.571. The van der Waals surface area contributed by atoms with Crippen LogP contribution in [0.5, 0.6) is 0 Å². The van der Waals surface area contributed by atoms with Crippen LogP contribution in [0.2, 0.25) is 0 Å². The van der Waals surface area contributed by atoms with Crippen molar-refractivity contribution in [1.82, 2.24) is 10.2 Å². The summed E-state index contributed by atoms with van der Waals surface area (Å²) in [5, 5.41) is 2.72. The number of hydrogen-bond acceptors (Lipinski definition) is 5. The SMILES string of the molecule is CCS(=O)(=O)N1CCc2cc(C(=O)CN3C(=O)NC(C)(CCC(C)C)C3=O)ccc21. The number of ketones is 1. The largest absolute Gasteiger partial charge is 0.325 e. The topological polar surface area (TPSA) is 104 Å². The Morgan fingerprint density at radius 2 is 1.97 bits per heavy atom. The first-order valence-corrected chi connectivity index (χ1v) is 11.9. The average Bonchev–Trinajstić information content (AvgIpc) is 3.21. The lowest BCUT2D eigenvalue weighted by molar-refractivity contribution is -0.130. The van der Waals surface area contributed by atoms with E-state index >= 15 is 0 Å². The van der Waals surface area contributed by atoms with Crippen LogP contribution < -0.4 is 9.62 Å². The fourth-order valence-electron chi connectivity index (χ4n) is 3.86. The molecule has 0 bridgehead atoms. The van der Waals surface area contributed by atoms with Gasteiger partial charge in [-0.25, -0.2) is 13.2 Å². The molecule has 1 fully saturated rings. The van der Waals surface area contributed by atoms with Crippen LogP contribution in [0.25, 0.3) is 0 Å². The van der Waals surface area contributed by atoms with Crippen LogP contribution in [-0.2, 0) is 21.2 Å². The van der Waals surface area contributed by atoms with Gasteiger partial charge >= 0.3 is 6.03 Å². The van der Waals surface area contributed by atoms with Crippen molar-refractivity contribution in [2.75, 3.05) is 23.1 Å². The Balaban J connectivity index is 1.74. The molecule has 0 aromatic heterocycles. The van der Waals surface area contributed by atoms with Gasteiger partial charge in [0.1, 0.15) is 5.54 Å². The van der Waals surface area contributed by atoms with Gasteiger partial charge in [-0.2, -0.15) is 0 Å². The van der Waals surface area contributed by atoms with Crippen LogP contribution >= 0.6 is 0 Å². The van der Waals surface area contributed by atoms with Crippen molar-refractivity contribution >= 4 is 33.4 Å². The van der Waals surface area contributed by atoms with Crippen molar-refractivity contribution in [3.8, 4) is 0 Å². The third-order valence-corrected chi connectivity index (χ3v) is 7.60. The highest BCUT2D eigenvalue weighted by Crippen LogP contribution is 2.32. The molecule has 1 aromatic carbocycles. The number of amides is 3. The molecule has 0 saturated carbocycles. The highest BCUT2D eigenvalue weighted by Gasteiger charge is 2.47. The minimum absolute atomic E-state index is 0.00881. The lowest BCUT2D eigenvalue weighted by Crippen LogP contribution is -2.44. The maximum absolute atomic E-state index is 12.8. The Kier molecular flexibility index (Phi) is 5.95. The van der Waals surface area contributed by atoms with Gasteiger partial charge in [-0.3, -0.25) is 18.8 Å². The number of sulfonamides is 1. The second-order valence-electron chi connectivity index (χ2n) is 8.58. The Morgan fingerprint density at radius 1 is 1.27 bits per heavy atom. The maximum Gasteiger partial charge on any atom is 0.325 e. The zero-order valence-corrected chi connectivity index (χ0v) is 18.7. The smallest absolute Gasteiger partial charge is 0.323 e. The molecule has 2 heterocycles. The van der Waals surface area contributed by atoms with Gasteiger partial charge in [-0.15, -0.1) is 0 Å². The predicted molar refractivity (Wildman–Crippen MR) is 114 cm³/mol. The molecule has 1 atom stereocenters. The number of urea groups is 1. The second kappa shape index (κ2) is 8.02. The lowest BCUT2D eigenvalue weighted by atomic mass is 9.92. The Morgan fingerprint density at radius 3 is 2.60 bits per heavy atom. The summed E-state index contributed by atoms with van der Waals surface area (Å²) >= 11 is 0. The van der Waals surface area contributed by atoms with Crippen LogP contribution in [0.4, 0.5) is 10.5 Å². The van der Waals surface area contributed by atoms with E-state index in [2.05, 4.69) is 5.32 Å². The van der Waals surface area contributed by atoms with E-state index in [1.807, 2.05) is 13.8 Å². The average molecular weight is 436 g/mol. The summed E-state index contributed by atoms with van der Waals surface area (Å²) in [5.74, 6) is -0.340. The van der Waals surface area contributed by atoms with Gasteiger partial charge in [0.2, 0.25) is 10.0 Å². The molecule has 0 radical (unpaired) electrons. The van der Waals surface area contributed by atoms with Crippen LogP contribution in [0.15, 0.2) is 18.2 Å². The quantitative estimate of drug-likeness (QED) is 0.499. The Hall–Kier alpha value is -2.42. The molecule has 1 unspecified atom stereocenters. The molecule has 9 heteroatoms. The first-order chi connectivity index (χ1) is 14.0. The van der Waals surface area contributed by atoms with E-state index < -0.39 is 21.6 Å². The highest BCUT2D eigenvalue weighted by molar-refractivity contribution is 7.92. The molecule has 1 aromatic rings. The predicted octanol–water partition coefficient (Wildman–Crippen LogP) is 2.33. The van der Waals surface area contributed by atoms with Gasteiger partial charge in [0.15, 0.2) is 5.78 Å². The standard InChI is InChI=1S/C21H29N3O5S/c1-5-30(28,29)24-11-9-15-12-16(6-7-17(15)24)18(25)13-23-19(26)21(4,22-20(23)27)10-8-14(2)3/h6-7,12,14H,5,8-11,13H2,1-4H3,(H,22,27). The molecule has 164 valence electrons. The van der Waals surface area contributed by atoms with E-state index in [1.165, 1.54) is 4.31 Å². The van der Waals surface area contributed by atoms with Crippen molar-refractivity contribution in [2.24, 2.45) is 5.92 Å². The van der Waals surface area contributed by atoms with E-state index in [-0.39, 0.29) is 24.0 Å². The molecular weight excluding hydrogens is 406 g/mol. The number of fused-ring (bicyclic) bond motifs is 1. The fourth-order valence-corrected chi connectivity index (χ4v) is 5.02. The number of nitrogens with one attached hydrogen (secondary N) is 1. The third-order valence-electron chi connectivity index (χ3n) is 5.82. The Bertz CT molecular complexity index is 988.